The molecular formula is C21H17F3N2O3. The van der Waals surface area contributed by atoms with Gasteiger partial charge in [0.1, 0.15) is 11.5 Å². The molecule has 0 fully saturated rings. The Morgan fingerprint density at radius 2 is 1.62 bits per heavy atom. The van der Waals surface area contributed by atoms with E-state index in [-0.39, 0.29) is 11.8 Å². The molecule has 0 saturated heterocycles. The summed E-state index contributed by atoms with van der Waals surface area (Å²) in [5.74, 6) is 0.534. The summed E-state index contributed by atoms with van der Waals surface area (Å²) in [6.45, 7) is 1.62. The van der Waals surface area contributed by atoms with Gasteiger partial charge in [0.2, 0.25) is 5.88 Å². The van der Waals surface area contributed by atoms with Crippen molar-refractivity contribution in [2.45, 2.75) is 19.2 Å². The molecule has 0 aliphatic heterocycles. The maximum atomic E-state index is 12.6. The zero-order chi connectivity index (χ0) is 20.9. The Kier molecular flexibility index (Phi) is 6.01. The van der Waals surface area contributed by atoms with Gasteiger partial charge in [-0.2, -0.15) is 13.2 Å². The van der Waals surface area contributed by atoms with Crippen molar-refractivity contribution in [2.75, 3.05) is 5.32 Å². The standard InChI is InChI=1S/C21H17F3N2O3/c1-14(20(27)26-16-5-3-2-4-6-16)28-17-8-10-18(11-9-17)29-19-12-7-15(13-25-19)21(22,23)24/h2-14H,1H3,(H,26,27). The summed E-state index contributed by atoms with van der Waals surface area (Å²) >= 11 is 0. The fraction of sp³-hybridized carbons (Fsp3) is 0.143. The molecule has 0 saturated carbocycles. The van der Waals surface area contributed by atoms with Gasteiger partial charge in [0.05, 0.1) is 5.56 Å². The van der Waals surface area contributed by atoms with Crippen LogP contribution < -0.4 is 14.8 Å². The maximum absolute atomic E-state index is 12.6. The molecule has 1 N–H and O–H groups in total. The molecule has 1 atom stereocenters. The SMILES string of the molecule is CC(Oc1ccc(Oc2ccc(C(F)(F)F)cn2)cc1)C(=O)Nc1ccccc1. The molecule has 150 valence electrons. The number of nitrogens with zero attached hydrogens (tertiary/aromatic N) is 1. The number of rotatable bonds is 6. The van der Waals surface area contributed by atoms with Crippen LogP contribution in [0.5, 0.6) is 17.4 Å². The molecule has 0 spiro atoms. The third-order valence-electron chi connectivity index (χ3n) is 3.83. The van der Waals surface area contributed by atoms with Gasteiger partial charge < -0.3 is 14.8 Å². The lowest BCUT2D eigenvalue weighted by Crippen LogP contribution is -2.30. The Morgan fingerprint density at radius 1 is 0.966 bits per heavy atom. The van der Waals surface area contributed by atoms with Gasteiger partial charge in [0.15, 0.2) is 6.10 Å². The van der Waals surface area contributed by atoms with E-state index in [2.05, 4.69) is 10.3 Å². The molecule has 0 radical (unpaired) electrons. The number of anilines is 1. The Hall–Kier alpha value is -3.55. The van der Waals surface area contributed by atoms with Crippen LogP contribution in [0.2, 0.25) is 0 Å². The van der Waals surface area contributed by atoms with E-state index in [0.29, 0.717) is 23.4 Å². The van der Waals surface area contributed by atoms with Crippen molar-refractivity contribution in [2.24, 2.45) is 0 Å². The molecule has 29 heavy (non-hydrogen) atoms. The van der Waals surface area contributed by atoms with E-state index < -0.39 is 17.8 Å². The van der Waals surface area contributed by atoms with Crippen LogP contribution in [0.25, 0.3) is 0 Å². The number of amides is 1. The normalized spacial score (nSPS) is 12.1. The lowest BCUT2D eigenvalue weighted by Gasteiger charge is -2.15. The largest absolute Gasteiger partial charge is 0.481 e. The van der Waals surface area contributed by atoms with Crippen molar-refractivity contribution in [1.82, 2.24) is 4.98 Å². The summed E-state index contributed by atoms with van der Waals surface area (Å²) in [4.78, 5) is 15.8. The number of hydrogen-bond acceptors (Lipinski definition) is 4. The first-order chi connectivity index (χ1) is 13.8. The zero-order valence-electron chi connectivity index (χ0n) is 15.3. The number of nitrogens with one attached hydrogen (secondary N) is 1. The highest BCUT2D eigenvalue weighted by Gasteiger charge is 2.30. The van der Waals surface area contributed by atoms with Crippen LogP contribution in [0, 0.1) is 0 Å². The number of carbonyl (C=O) groups excluding carboxylic acids is 1. The first-order valence-electron chi connectivity index (χ1n) is 8.65. The van der Waals surface area contributed by atoms with Crippen LogP contribution in [0.15, 0.2) is 72.9 Å². The van der Waals surface area contributed by atoms with Crippen LogP contribution in [0.4, 0.5) is 18.9 Å². The molecule has 3 aromatic rings. The summed E-state index contributed by atoms with van der Waals surface area (Å²) in [7, 11) is 0. The van der Waals surface area contributed by atoms with Crippen LogP contribution in [0.3, 0.4) is 0 Å². The minimum absolute atomic E-state index is 0.0299. The second-order valence-electron chi connectivity index (χ2n) is 6.07. The van der Waals surface area contributed by atoms with Crippen LogP contribution in [0.1, 0.15) is 12.5 Å². The number of para-hydroxylation sites is 1. The fourth-order valence-corrected chi connectivity index (χ4v) is 2.34. The van der Waals surface area contributed by atoms with Crippen LogP contribution in [-0.4, -0.2) is 17.0 Å². The Morgan fingerprint density at radius 3 is 2.21 bits per heavy atom. The molecule has 8 heteroatoms. The Balaban J connectivity index is 1.56. The highest BCUT2D eigenvalue weighted by molar-refractivity contribution is 5.94. The van der Waals surface area contributed by atoms with Crippen molar-refractivity contribution >= 4 is 11.6 Å². The van der Waals surface area contributed by atoms with E-state index in [1.54, 1.807) is 43.3 Å². The molecule has 1 unspecified atom stereocenters. The van der Waals surface area contributed by atoms with Gasteiger partial charge in [0.25, 0.3) is 5.91 Å². The number of carbonyl (C=O) groups is 1. The number of halogens is 3. The monoisotopic (exact) mass is 402 g/mol. The minimum atomic E-state index is -4.45. The Labute approximate surface area is 165 Å². The molecule has 1 aromatic heterocycles. The topological polar surface area (TPSA) is 60.5 Å². The number of pyridine rings is 1. The van der Waals surface area contributed by atoms with Crippen molar-refractivity contribution in [3.8, 4) is 17.4 Å². The number of alkyl halides is 3. The van der Waals surface area contributed by atoms with E-state index in [4.69, 9.17) is 9.47 Å². The molecule has 2 aromatic carbocycles. The maximum Gasteiger partial charge on any atom is 0.417 e. The molecule has 1 amide bonds. The van der Waals surface area contributed by atoms with Crippen molar-refractivity contribution in [1.29, 1.82) is 0 Å². The lowest BCUT2D eigenvalue weighted by atomic mass is 10.3. The van der Waals surface area contributed by atoms with Crippen molar-refractivity contribution in [3.05, 3.63) is 78.5 Å². The number of aromatic nitrogens is 1. The van der Waals surface area contributed by atoms with Gasteiger partial charge in [-0.3, -0.25) is 4.79 Å². The van der Waals surface area contributed by atoms with Crippen LogP contribution in [-0.2, 0) is 11.0 Å². The third kappa shape index (κ3) is 5.71. The van der Waals surface area contributed by atoms with Crippen LogP contribution >= 0.6 is 0 Å². The first-order valence-corrected chi connectivity index (χ1v) is 8.65. The molecule has 3 rings (SSSR count). The second-order valence-corrected chi connectivity index (χ2v) is 6.07. The average molecular weight is 402 g/mol. The fourth-order valence-electron chi connectivity index (χ4n) is 2.34. The van der Waals surface area contributed by atoms with Gasteiger partial charge in [-0.1, -0.05) is 18.2 Å². The van der Waals surface area contributed by atoms with Gasteiger partial charge in [-0.25, -0.2) is 4.98 Å². The van der Waals surface area contributed by atoms with E-state index in [9.17, 15) is 18.0 Å². The van der Waals surface area contributed by atoms with Crippen molar-refractivity contribution in [3.63, 3.8) is 0 Å². The van der Waals surface area contributed by atoms with Gasteiger partial charge in [-0.15, -0.1) is 0 Å². The summed E-state index contributed by atoms with van der Waals surface area (Å²) < 4.78 is 48.7. The molecular weight excluding hydrogens is 385 g/mol. The summed E-state index contributed by atoms with van der Waals surface area (Å²) in [6, 6.07) is 17.4. The predicted octanol–water partition coefficient (Wildman–Crippen LogP) is 5.30. The molecule has 1 heterocycles. The summed E-state index contributed by atoms with van der Waals surface area (Å²) in [5, 5.41) is 2.74. The van der Waals surface area contributed by atoms with E-state index in [0.717, 1.165) is 12.1 Å². The molecule has 0 aliphatic carbocycles. The predicted molar refractivity (Wildman–Crippen MR) is 101 cm³/mol. The number of benzene rings is 2. The molecule has 5 nitrogen and oxygen atoms in total. The van der Waals surface area contributed by atoms with E-state index in [1.807, 2.05) is 18.2 Å². The Bertz CT molecular complexity index is 944. The minimum Gasteiger partial charge on any atom is -0.481 e. The zero-order valence-corrected chi connectivity index (χ0v) is 15.3. The van der Waals surface area contributed by atoms with Gasteiger partial charge >= 0.3 is 6.18 Å². The third-order valence-corrected chi connectivity index (χ3v) is 3.83. The average Bonchev–Trinajstić information content (AvgIpc) is 2.70. The quantitative estimate of drug-likeness (QED) is 0.608. The number of hydrogen-bond donors (Lipinski definition) is 1. The van der Waals surface area contributed by atoms with Gasteiger partial charge in [-0.05, 0) is 49.4 Å². The van der Waals surface area contributed by atoms with E-state index in [1.165, 1.54) is 0 Å². The number of ether oxygens (including phenoxy) is 2. The lowest BCUT2D eigenvalue weighted by molar-refractivity contribution is -0.137. The summed E-state index contributed by atoms with van der Waals surface area (Å²) in [5.41, 5.74) is -0.183. The van der Waals surface area contributed by atoms with Gasteiger partial charge in [0, 0.05) is 18.0 Å². The second kappa shape index (κ2) is 8.64. The molecule has 0 aliphatic rings. The highest BCUT2D eigenvalue weighted by atomic mass is 19.4. The molecule has 0 bridgehead atoms. The van der Waals surface area contributed by atoms with E-state index >= 15 is 0 Å². The van der Waals surface area contributed by atoms with Crippen molar-refractivity contribution < 1.29 is 27.4 Å². The first kappa shape index (κ1) is 20.2. The smallest absolute Gasteiger partial charge is 0.417 e. The highest BCUT2D eigenvalue weighted by Crippen LogP contribution is 2.30. The summed E-state index contributed by atoms with van der Waals surface area (Å²) in [6.07, 6.45) is -4.48.